The fourth-order valence-corrected chi connectivity index (χ4v) is 0.478. The zero-order valence-electron chi connectivity index (χ0n) is 5.59. The van der Waals surface area contributed by atoms with Crippen LogP contribution < -0.4 is 0 Å². The van der Waals surface area contributed by atoms with Gasteiger partial charge in [0.25, 0.3) is 0 Å². The first-order valence-electron chi connectivity index (χ1n) is 2.53. The Morgan fingerprint density at radius 3 is 1.70 bits per heavy atom. The van der Waals surface area contributed by atoms with E-state index in [4.69, 9.17) is 9.69 Å². The summed E-state index contributed by atoms with van der Waals surface area (Å²) in [6.07, 6.45) is 0. The standard InChI is InChI=1S/C7H7.2ClH.Zn/c1-7-5-3-2-4-6-7;;;/h2-6H,1H2;2*1H;/q-1;;;+2/p-1. The molecule has 0 aliphatic heterocycles. The molecule has 0 fully saturated rings. The molecule has 0 bridgehead atoms. The van der Waals surface area contributed by atoms with Crippen LogP contribution in [0.25, 0.3) is 0 Å². The summed E-state index contributed by atoms with van der Waals surface area (Å²) in [5, 5.41) is 0. The molecular weight excluding hydrogens is 220 g/mol. The number of rotatable bonds is 0. The van der Waals surface area contributed by atoms with Crippen molar-refractivity contribution >= 4 is 22.1 Å². The molecule has 0 radical (unpaired) electrons. The average Bonchev–Trinajstić information content (AvgIpc) is 1.94. The van der Waals surface area contributed by atoms with E-state index in [0.29, 0.717) is 0 Å². The Balaban J connectivity index is 0. The monoisotopic (exact) mass is 226 g/mol. The molecule has 1 rings (SSSR count). The van der Waals surface area contributed by atoms with Gasteiger partial charge in [-0.25, -0.2) is 0 Å². The Morgan fingerprint density at radius 1 is 1.10 bits per heavy atom. The summed E-state index contributed by atoms with van der Waals surface area (Å²) in [6, 6.07) is 9.87. The fourth-order valence-electron chi connectivity index (χ4n) is 0.478. The summed E-state index contributed by atoms with van der Waals surface area (Å²) in [5.74, 6) is 0. The van der Waals surface area contributed by atoms with Gasteiger partial charge >= 0.3 is 27.0 Å². The quantitative estimate of drug-likeness (QED) is 0.473. The topological polar surface area (TPSA) is 0 Å². The minimum atomic E-state index is 0. The Kier molecular flexibility index (Phi) is 12.0. The molecule has 10 heavy (non-hydrogen) atoms. The molecule has 0 nitrogen and oxygen atoms in total. The molecule has 0 unspecified atom stereocenters. The van der Waals surface area contributed by atoms with Crippen molar-refractivity contribution in [2.45, 2.75) is 0 Å². The van der Waals surface area contributed by atoms with Crippen molar-refractivity contribution in [3.8, 4) is 0 Å². The third kappa shape index (κ3) is 6.41. The second-order valence-corrected chi connectivity index (χ2v) is 1.49. The first-order chi connectivity index (χ1) is 4.39. The van der Waals surface area contributed by atoms with Gasteiger partial charge in [-0.1, -0.05) is 6.07 Å². The summed E-state index contributed by atoms with van der Waals surface area (Å²) >= 11 is 0.847. The first-order valence-corrected chi connectivity index (χ1v) is 6.43. The predicted molar refractivity (Wildman–Crippen MR) is 44.0 cm³/mol. The maximum atomic E-state index is 4.76. The van der Waals surface area contributed by atoms with Gasteiger partial charge in [0.05, 0.1) is 0 Å². The number of benzene rings is 1. The van der Waals surface area contributed by atoms with E-state index in [1.807, 2.05) is 30.3 Å². The van der Waals surface area contributed by atoms with Crippen LogP contribution in [-0.2, 0) is 17.3 Å². The Bertz CT molecular complexity index is 142. The third-order valence-corrected chi connectivity index (χ3v) is 0.843. The second kappa shape index (κ2) is 9.29. The van der Waals surface area contributed by atoms with Crippen LogP contribution in [-0.4, -0.2) is 0 Å². The molecule has 52 valence electrons. The van der Waals surface area contributed by atoms with Crippen molar-refractivity contribution in [3.63, 3.8) is 0 Å². The summed E-state index contributed by atoms with van der Waals surface area (Å²) in [5.41, 5.74) is 1.07. The van der Waals surface area contributed by atoms with Crippen LogP contribution >= 0.6 is 22.1 Å². The van der Waals surface area contributed by atoms with Gasteiger partial charge in [-0.05, 0) is 0 Å². The molecule has 0 aliphatic carbocycles. The van der Waals surface area contributed by atoms with Crippen LogP contribution in [0.1, 0.15) is 5.56 Å². The average molecular weight is 228 g/mol. The zero-order valence-corrected chi connectivity index (χ0v) is 10.1. The Labute approximate surface area is 82.1 Å². The number of hydrogen-bond acceptors (Lipinski definition) is 0. The van der Waals surface area contributed by atoms with Crippen molar-refractivity contribution in [1.29, 1.82) is 0 Å². The Hall–Kier alpha value is 0.293. The minimum absolute atomic E-state index is 0. The van der Waals surface area contributed by atoms with Gasteiger partial charge in [0.2, 0.25) is 0 Å². The number of halogens is 2. The summed E-state index contributed by atoms with van der Waals surface area (Å²) in [6.45, 7) is 3.72. The van der Waals surface area contributed by atoms with Gasteiger partial charge in [-0.2, -0.15) is 24.6 Å². The molecule has 0 spiro atoms. The molecule has 1 aromatic rings. The number of hydrogen-bond donors (Lipinski definition) is 0. The van der Waals surface area contributed by atoms with Gasteiger partial charge in [-0.15, -0.1) is 24.5 Å². The van der Waals surface area contributed by atoms with Crippen molar-refractivity contribution in [2.75, 3.05) is 0 Å². The zero-order chi connectivity index (χ0) is 7.11. The van der Waals surface area contributed by atoms with E-state index in [1.165, 1.54) is 0 Å². The van der Waals surface area contributed by atoms with Gasteiger partial charge in [0, 0.05) is 0 Å². The maximum absolute atomic E-state index is 4.76. The molecule has 3 heteroatoms. The Morgan fingerprint density at radius 2 is 1.50 bits per heavy atom. The molecule has 0 aromatic heterocycles. The molecule has 1 aromatic carbocycles. The van der Waals surface area contributed by atoms with Crippen LogP contribution in [0.4, 0.5) is 0 Å². The summed E-state index contributed by atoms with van der Waals surface area (Å²) in [4.78, 5) is 0. The summed E-state index contributed by atoms with van der Waals surface area (Å²) in [7, 11) is 4.76. The molecular formula is C7H8Cl2Zn. The molecule has 0 saturated heterocycles. The van der Waals surface area contributed by atoms with E-state index in [1.54, 1.807) is 0 Å². The molecule has 0 aliphatic rings. The van der Waals surface area contributed by atoms with E-state index < -0.39 is 0 Å². The van der Waals surface area contributed by atoms with Gasteiger partial charge in [0.1, 0.15) is 0 Å². The fraction of sp³-hybridized carbons (Fsp3) is 0. The molecule has 0 heterocycles. The van der Waals surface area contributed by atoms with Crippen LogP contribution in [0.5, 0.6) is 0 Å². The van der Waals surface area contributed by atoms with Crippen molar-refractivity contribution in [3.05, 3.63) is 42.8 Å². The van der Waals surface area contributed by atoms with Crippen LogP contribution in [0.15, 0.2) is 30.3 Å². The van der Waals surface area contributed by atoms with E-state index in [9.17, 15) is 0 Å². The van der Waals surface area contributed by atoms with E-state index >= 15 is 0 Å². The molecule has 0 amide bonds. The molecule has 0 atom stereocenters. The summed E-state index contributed by atoms with van der Waals surface area (Å²) < 4.78 is 0. The van der Waals surface area contributed by atoms with E-state index in [2.05, 4.69) is 6.92 Å². The second-order valence-electron chi connectivity index (χ2n) is 1.49. The van der Waals surface area contributed by atoms with Crippen molar-refractivity contribution in [2.24, 2.45) is 0 Å². The van der Waals surface area contributed by atoms with Gasteiger partial charge in [0.15, 0.2) is 0 Å². The van der Waals surface area contributed by atoms with E-state index in [0.717, 1.165) is 22.9 Å². The van der Waals surface area contributed by atoms with Gasteiger partial charge in [-0.3, -0.25) is 0 Å². The third-order valence-electron chi connectivity index (χ3n) is 0.843. The first kappa shape index (κ1) is 12.9. The SMILES string of the molecule is Cl.[CH2-]c1ccccc1.[Cl][Zn+]. The molecule has 0 N–H and O–H groups in total. The van der Waals surface area contributed by atoms with Crippen LogP contribution in [0.2, 0.25) is 0 Å². The van der Waals surface area contributed by atoms with Crippen molar-refractivity contribution in [1.82, 2.24) is 0 Å². The molecule has 0 saturated carbocycles. The normalized spacial score (nSPS) is 6.70. The van der Waals surface area contributed by atoms with E-state index in [-0.39, 0.29) is 12.4 Å². The predicted octanol–water partition coefficient (Wildman–Crippen LogP) is 2.98. The van der Waals surface area contributed by atoms with Crippen LogP contribution in [0.3, 0.4) is 0 Å². The van der Waals surface area contributed by atoms with Gasteiger partial charge < -0.3 is 0 Å². The van der Waals surface area contributed by atoms with Crippen molar-refractivity contribution < 1.29 is 17.3 Å². The van der Waals surface area contributed by atoms with Crippen LogP contribution in [0, 0.1) is 6.92 Å².